The van der Waals surface area contributed by atoms with E-state index < -0.39 is 35.1 Å². The Morgan fingerprint density at radius 2 is 1.93 bits per heavy atom. The van der Waals surface area contributed by atoms with Crippen LogP contribution in [0.1, 0.15) is 49.8 Å². The number of urea groups is 1. The first-order valence-electron chi connectivity index (χ1n) is 13.0. The quantitative estimate of drug-likeness (QED) is 0.362. The Morgan fingerprint density at radius 1 is 1.23 bits per heavy atom. The van der Waals surface area contributed by atoms with Crippen LogP contribution in [-0.4, -0.2) is 54.7 Å². The standard InChI is InChI=1S/C29H31F2N5O4/c1-19-25(27(38)40-2)26(20-8-9-23(30)24(31)16-20)36(28(39)34-19)35(18-37)15-14-33-22-10-12-29(17-32,13-11-22)21-6-4-3-5-7-21/h3-9,16,18,22,26,33H,10-15H2,1-2H3,(H,34,39). The van der Waals surface area contributed by atoms with Crippen molar-refractivity contribution >= 4 is 18.4 Å². The van der Waals surface area contributed by atoms with Gasteiger partial charge in [0.25, 0.3) is 0 Å². The summed E-state index contributed by atoms with van der Waals surface area (Å²) in [6, 6.07) is 13.4. The van der Waals surface area contributed by atoms with Crippen molar-refractivity contribution in [3.63, 3.8) is 0 Å². The van der Waals surface area contributed by atoms with E-state index in [1.54, 1.807) is 0 Å². The lowest BCUT2D eigenvalue weighted by Gasteiger charge is -2.42. The minimum Gasteiger partial charge on any atom is -0.466 e. The number of nitriles is 1. The van der Waals surface area contributed by atoms with Gasteiger partial charge in [0.2, 0.25) is 6.41 Å². The molecule has 1 aliphatic heterocycles. The third kappa shape index (κ3) is 5.67. The maximum atomic E-state index is 14.2. The molecule has 0 radical (unpaired) electrons. The highest BCUT2D eigenvalue weighted by atomic mass is 19.2. The molecule has 1 unspecified atom stereocenters. The van der Waals surface area contributed by atoms with E-state index in [2.05, 4.69) is 16.7 Å². The molecule has 2 N–H and O–H groups in total. The summed E-state index contributed by atoms with van der Waals surface area (Å²) in [4.78, 5) is 38.0. The molecule has 2 aromatic rings. The van der Waals surface area contributed by atoms with Gasteiger partial charge in [-0.2, -0.15) is 5.26 Å². The molecular formula is C29H31F2N5O4. The second-order valence-electron chi connectivity index (χ2n) is 9.94. The molecule has 4 rings (SSSR count). The maximum absolute atomic E-state index is 14.2. The summed E-state index contributed by atoms with van der Waals surface area (Å²) in [6.07, 6.45) is 3.31. The number of hydrazine groups is 1. The summed E-state index contributed by atoms with van der Waals surface area (Å²) in [6.45, 7) is 1.84. The summed E-state index contributed by atoms with van der Waals surface area (Å²) in [5.41, 5.74) is 0.718. The van der Waals surface area contributed by atoms with E-state index in [0.29, 0.717) is 25.8 Å². The smallest absolute Gasteiger partial charge is 0.341 e. The van der Waals surface area contributed by atoms with E-state index in [1.165, 1.54) is 13.0 Å². The molecule has 2 aromatic carbocycles. The number of allylic oxidation sites excluding steroid dienone is 1. The topological polar surface area (TPSA) is 115 Å². The Bertz CT molecular complexity index is 1340. The molecule has 40 heavy (non-hydrogen) atoms. The normalized spacial score (nSPS) is 22.8. The van der Waals surface area contributed by atoms with Crippen molar-refractivity contribution < 1.29 is 27.9 Å². The Labute approximate surface area is 231 Å². The fourth-order valence-corrected chi connectivity index (χ4v) is 5.49. The lowest BCUT2D eigenvalue weighted by atomic mass is 9.69. The van der Waals surface area contributed by atoms with Crippen LogP contribution >= 0.6 is 0 Å². The molecule has 9 nitrogen and oxygen atoms in total. The van der Waals surface area contributed by atoms with Crippen LogP contribution in [0.15, 0.2) is 59.8 Å². The fraction of sp³-hybridized carbons (Fsp3) is 0.379. The first-order valence-corrected chi connectivity index (χ1v) is 13.0. The van der Waals surface area contributed by atoms with Crippen molar-refractivity contribution in [3.05, 3.63) is 82.6 Å². The molecule has 1 fully saturated rings. The molecule has 3 amide bonds. The number of hydrogen-bond donors (Lipinski definition) is 2. The molecule has 1 atom stereocenters. The maximum Gasteiger partial charge on any atom is 0.341 e. The van der Waals surface area contributed by atoms with E-state index in [4.69, 9.17) is 4.74 Å². The second-order valence-corrected chi connectivity index (χ2v) is 9.94. The molecule has 2 aliphatic rings. The molecule has 1 saturated carbocycles. The predicted octanol–water partition coefficient (Wildman–Crippen LogP) is 3.85. The number of benzene rings is 2. The molecular weight excluding hydrogens is 520 g/mol. The van der Waals surface area contributed by atoms with E-state index in [-0.39, 0.29) is 29.4 Å². The number of nitrogens with one attached hydrogen (secondary N) is 2. The van der Waals surface area contributed by atoms with E-state index in [1.807, 2.05) is 30.3 Å². The van der Waals surface area contributed by atoms with Gasteiger partial charge in [0.05, 0.1) is 30.7 Å². The van der Waals surface area contributed by atoms with Crippen molar-refractivity contribution in [2.75, 3.05) is 20.2 Å². The number of amides is 3. The van der Waals surface area contributed by atoms with Crippen LogP contribution in [0.3, 0.4) is 0 Å². The first kappa shape index (κ1) is 28.7. The average Bonchev–Trinajstić information content (AvgIpc) is 2.97. The zero-order valence-electron chi connectivity index (χ0n) is 22.3. The van der Waals surface area contributed by atoms with Gasteiger partial charge in [-0.05, 0) is 55.9 Å². The summed E-state index contributed by atoms with van der Waals surface area (Å²) < 4.78 is 32.8. The Kier molecular flexibility index (Phi) is 8.80. The number of ether oxygens (including phenoxy) is 1. The summed E-state index contributed by atoms with van der Waals surface area (Å²) in [5, 5.41) is 18.0. The number of nitrogens with zero attached hydrogens (tertiary/aromatic N) is 3. The van der Waals surface area contributed by atoms with Crippen LogP contribution in [0.5, 0.6) is 0 Å². The van der Waals surface area contributed by atoms with Crippen molar-refractivity contribution in [1.29, 1.82) is 5.26 Å². The largest absolute Gasteiger partial charge is 0.466 e. The summed E-state index contributed by atoms with van der Waals surface area (Å²) >= 11 is 0. The number of esters is 1. The van der Waals surface area contributed by atoms with E-state index in [9.17, 15) is 28.4 Å². The molecule has 0 aromatic heterocycles. The van der Waals surface area contributed by atoms with Gasteiger partial charge < -0.3 is 15.4 Å². The lowest BCUT2D eigenvalue weighted by molar-refractivity contribution is -0.141. The van der Waals surface area contributed by atoms with Gasteiger partial charge in [0.1, 0.15) is 6.04 Å². The number of halogens is 2. The average molecular weight is 552 g/mol. The van der Waals surface area contributed by atoms with Crippen LogP contribution in [0, 0.1) is 23.0 Å². The number of methoxy groups -OCH3 is 1. The van der Waals surface area contributed by atoms with Gasteiger partial charge >= 0.3 is 12.0 Å². The van der Waals surface area contributed by atoms with Gasteiger partial charge in [-0.1, -0.05) is 36.4 Å². The van der Waals surface area contributed by atoms with Crippen LogP contribution in [0.4, 0.5) is 13.6 Å². The van der Waals surface area contributed by atoms with Crippen LogP contribution in [-0.2, 0) is 19.7 Å². The van der Waals surface area contributed by atoms with Crippen molar-refractivity contribution in [3.8, 4) is 6.07 Å². The van der Waals surface area contributed by atoms with Gasteiger partial charge in [0.15, 0.2) is 11.6 Å². The number of carbonyl (C=O) groups excluding carboxylic acids is 3. The molecule has 0 saturated heterocycles. The Morgan fingerprint density at radius 3 is 2.52 bits per heavy atom. The zero-order valence-corrected chi connectivity index (χ0v) is 22.3. The molecule has 11 heteroatoms. The molecule has 0 spiro atoms. The van der Waals surface area contributed by atoms with Crippen molar-refractivity contribution in [2.24, 2.45) is 0 Å². The molecule has 0 bridgehead atoms. The van der Waals surface area contributed by atoms with Crippen LogP contribution < -0.4 is 10.6 Å². The van der Waals surface area contributed by atoms with Gasteiger partial charge in [-0.15, -0.1) is 0 Å². The van der Waals surface area contributed by atoms with Crippen molar-refractivity contribution in [1.82, 2.24) is 20.7 Å². The van der Waals surface area contributed by atoms with Gasteiger partial charge in [-0.3, -0.25) is 9.80 Å². The highest BCUT2D eigenvalue weighted by molar-refractivity contribution is 5.95. The molecule has 210 valence electrons. The van der Waals surface area contributed by atoms with Crippen molar-refractivity contribution in [2.45, 2.75) is 50.1 Å². The molecule has 1 aliphatic carbocycles. The third-order valence-electron chi connectivity index (χ3n) is 7.64. The second kappa shape index (κ2) is 12.3. The highest BCUT2D eigenvalue weighted by Gasteiger charge is 2.42. The minimum atomic E-state index is -1.24. The monoisotopic (exact) mass is 551 g/mol. The SMILES string of the molecule is COC(=O)C1=C(C)NC(=O)N(N(C=O)CCNC2CCC(C#N)(c3ccccc3)CC2)C1c1ccc(F)c(F)c1. The van der Waals surface area contributed by atoms with Gasteiger partial charge in [0, 0.05) is 18.3 Å². The predicted molar refractivity (Wildman–Crippen MR) is 141 cm³/mol. The zero-order chi connectivity index (χ0) is 28.9. The van der Waals surface area contributed by atoms with E-state index >= 15 is 0 Å². The molecule has 1 heterocycles. The number of rotatable bonds is 9. The minimum absolute atomic E-state index is 0.0195. The Hall–Kier alpha value is -4.30. The van der Waals surface area contributed by atoms with E-state index in [0.717, 1.165) is 47.7 Å². The summed E-state index contributed by atoms with van der Waals surface area (Å²) in [7, 11) is 1.16. The lowest BCUT2D eigenvalue weighted by Crippen LogP contribution is -2.57. The third-order valence-corrected chi connectivity index (χ3v) is 7.64. The Balaban J connectivity index is 1.49. The summed E-state index contributed by atoms with van der Waals surface area (Å²) in [5.74, 6) is -3.04. The highest BCUT2D eigenvalue weighted by Crippen LogP contribution is 2.39. The number of hydrogen-bond acceptors (Lipinski definition) is 6. The van der Waals surface area contributed by atoms with Crippen LogP contribution in [0.2, 0.25) is 0 Å². The number of carbonyl (C=O) groups is 3. The van der Waals surface area contributed by atoms with Crippen LogP contribution in [0.25, 0.3) is 0 Å². The van der Waals surface area contributed by atoms with Gasteiger partial charge in [-0.25, -0.2) is 23.4 Å². The fourth-order valence-electron chi connectivity index (χ4n) is 5.49. The first-order chi connectivity index (χ1) is 19.2.